The van der Waals surface area contributed by atoms with Crippen LogP contribution in [0.3, 0.4) is 0 Å². The number of anilines is 3. The summed E-state index contributed by atoms with van der Waals surface area (Å²) >= 11 is 17.5. The highest BCUT2D eigenvalue weighted by atomic mass is 35.5. The van der Waals surface area contributed by atoms with Crippen LogP contribution in [0.5, 0.6) is 0 Å². The van der Waals surface area contributed by atoms with Crippen LogP contribution in [0.2, 0.25) is 15.1 Å². The van der Waals surface area contributed by atoms with Crippen LogP contribution in [0.4, 0.5) is 21.5 Å². The fourth-order valence-corrected chi connectivity index (χ4v) is 2.48. The number of primary amides is 1. The van der Waals surface area contributed by atoms with Gasteiger partial charge in [0.1, 0.15) is 0 Å². The van der Waals surface area contributed by atoms with Crippen molar-refractivity contribution >= 4 is 57.8 Å². The molecule has 4 nitrogen and oxygen atoms in total. The van der Waals surface area contributed by atoms with Crippen molar-refractivity contribution in [2.24, 2.45) is 5.73 Å². The number of hydrogen-bond acceptors (Lipinski definition) is 3. The maximum absolute atomic E-state index is 13.4. The third-order valence-corrected chi connectivity index (χ3v) is 3.48. The molecule has 0 aromatic heterocycles. The first-order valence-corrected chi connectivity index (χ1v) is 6.73. The van der Waals surface area contributed by atoms with Crippen LogP contribution >= 0.6 is 34.8 Å². The summed E-state index contributed by atoms with van der Waals surface area (Å²) in [6.07, 6.45) is 0. The molecule has 0 fully saturated rings. The fourth-order valence-electron chi connectivity index (χ4n) is 1.72. The Morgan fingerprint density at radius 1 is 1.05 bits per heavy atom. The van der Waals surface area contributed by atoms with Crippen molar-refractivity contribution in [1.29, 1.82) is 0 Å². The Bertz CT molecular complexity index is 714. The van der Waals surface area contributed by atoms with Crippen LogP contribution < -0.4 is 16.8 Å². The highest BCUT2D eigenvalue weighted by Crippen LogP contribution is 2.34. The molecule has 0 bridgehead atoms. The summed E-state index contributed by atoms with van der Waals surface area (Å²) in [6, 6.07) is 5.44. The molecule has 0 radical (unpaired) electrons. The molecule has 0 saturated carbocycles. The van der Waals surface area contributed by atoms with E-state index in [1.54, 1.807) is 0 Å². The molecule has 8 heteroatoms. The molecule has 0 spiro atoms. The summed E-state index contributed by atoms with van der Waals surface area (Å²) in [6.45, 7) is 0. The Morgan fingerprint density at radius 3 is 2.14 bits per heavy atom. The summed E-state index contributed by atoms with van der Waals surface area (Å²) in [7, 11) is 0. The predicted molar refractivity (Wildman–Crippen MR) is 84.1 cm³/mol. The van der Waals surface area contributed by atoms with Crippen LogP contribution in [0, 0.1) is 5.82 Å². The average Bonchev–Trinajstić information content (AvgIpc) is 2.38. The van der Waals surface area contributed by atoms with Gasteiger partial charge in [0, 0.05) is 11.4 Å². The molecule has 21 heavy (non-hydrogen) atoms. The highest BCUT2D eigenvalue weighted by Gasteiger charge is 2.15. The Balaban J connectivity index is 2.51. The van der Waals surface area contributed by atoms with Crippen molar-refractivity contribution in [2.45, 2.75) is 0 Å². The van der Waals surface area contributed by atoms with Gasteiger partial charge in [-0.3, -0.25) is 4.79 Å². The van der Waals surface area contributed by atoms with E-state index in [1.807, 2.05) is 0 Å². The topological polar surface area (TPSA) is 81.1 Å². The van der Waals surface area contributed by atoms with Crippen LogP contribution in [0.15, 0.2) is 24.3 Å². The van der Waals surface area contributed by atoms with Gasteiger partial charge < -0.3 is 16.8 Å². The maximum Gasteiger partial charge on any atom is 0.250 e. The van der Waals surface area contributed by atoms with Gasteiger partial charge in [0.15, 0.2) is 5.82 Å². The second kappa shape index (κ2) is 5.97. The van der Waals surface area contributed by atoms with Gasteiger partial charge in [-0.15, -0.1) is 0 Å². The second-order valence-corrected chi connectivity index (χ2v) is 5.39. The maximum atomic E-state index is 13.4. The molecule has 0 aliphatic rings. The molecule has 0 aliphatic carbocycles. The molecule has 0 atom stereocenters. The van der Waals surface area contributed by atoms with Gasteiger partial charge in [-0.2, -0.15) is 0 Å². The van der Waals surface area contributed by atoms with Crippen LogP contribution in [0.25, 0.3) is 0 Å². The van der Waals surface area contributed by atoms with E-state index >= 15 is 0 Å². The standard InChI is InChI=1S/C13H9Cl3FN3O/c14-8-3-6(4-9(15)11(8)17)20-12-7(13(19)21)1-5(18)2-10(12)16/h1-4,20H,18H2,(H2,19,21). The largest absolute Gasteiger partial charge is 0.399 e. The van der Waals surface area contributed by atoms with E-state index < -0.39 is 11.7 Å². The zero-order chi connectivity index (χ0) is 15.7. The van der Waals surface area contributed by atoms with Crippen molar-refractivity contribution in [3.8, 4) is 0 Å². The number of nitrogens with one attached hydrogen (secondary N) is 1. The van der Waals surface area contributed by atoms with E-state index in [0.717, 1.165) is 0 Å². The van der Waals surface area contributed by atoms with Crippen molar-refractivity contribution in [3.05, 3.63) is 50.7 Å². The number of hydrogen-bond donors (Lipinski definition) is 3. The lowest BCUT2D eigenvalue weighted by molar-refractivity contribution is 0.100. The molecule has 0 aliphatic heterocycles. The summed E-state index contributed by atoms with van der Waals surface area (Å²) in [5.41, 5.74) is 11.9. The Kier molecular flexibility index (Phi) is 4.46. The Labute approximate surface area is 134 Å². The van der Waals surface area contributed by atoms with Gasteiger partial charge in [0.05, 0.1) is 26.3 Å². The van der Waals surface area contributed by atoms with Gasteiger partial charge in [-0.05, 0) is 24.3 Å². The van der Waals surface area contributed by atoms with E-state index in [2.05, 4.69) is 5.32 Å². The minimum Gasteiger partial charge on any atom is -0.399 e. The van der Waals surface area contributed by atoms with Gasteiger partial charge in [-0.1, -0.05) is 34.8 Å². The van der Waals surface area contributed by atoms with Crippen molar-refractivity contribution in [3.63, 3.8) is 0 Å². The van der Waals surface area contributed by atoms with E-state index in [-0.39, 0.29) is 32.0 Å². The van der Waals surface area contributed by atoms with Crippen LogP contribution in [-0.4, -0.2) is 5.91 Å². The second-order valence-electron chi connectivity index (χ2n) is 4.17. The fraction of sp³-hybridized carbons (Fsp3) is 0. The molecular formula is C13H9Cl3FN3O. The quantitative estimate of drug-likeness (QED) is 0.574. The van der Waals surface area contributed by atoms with Crippen molar-refractivity contribution < 1.29 is 9.18 Å². The zero-order valence-electron chi connectivity index (χ0n) is 10.4. The SMILES string of the molecule is NC(=O)c1cc(N)cc(Cl)c1Nc1cc(Cl)c(F)c(Cl)c1. The van der Waals surface area contributed by atoms with Crippen LogP contribution in [-0.2, 0) is 0 Å². The average molecular weight is 349 g/mol. The van der Waals surface area contributed by atoms with E-state index in [1.165, 1.54) is 24.3 Å². The monoisotopic (exact) mass is 347 g/mol. The summed E-state index contributed by atoms with van der Waals surface area (Å²) < 4.78 is 13.4. The van der Waals surface area contributed by atoms with Crippen molar-refractivity contribution in [2.75, 3.05) is 11.1 Å². The number of rotatable bonds is 3. The number of carbonyl (C=O) groups excluding carboxylic acids is 1. The highest BCUT2D eigenvalue weighted by molar-refractivity contribution is 6.36. The molecule has 1 amide bonds. The first kappa shape index (κ1) is 15.7. The molecule has 0 saturated heterocycles. The molecular weight excluding hydrogens is 340 g/mol. The summed E-state index contributed by atoms with van der Waals surface area (Å²) in [5, 5.41) is 2.68. The molecule has 5 N–H and O–H groups in total. The molecule has 2 aromatic carbocycles. The Hall–Kier alpha value is -1.69. The molecule has 2 aromatic rings. The van der Waals surface area contributed by atoms with Crippen molar-refractivity contribution in [1.82, 2.24) is 0 Å². The number of benzene rings is 2. The number of nitrogen functional groups attached to an aromatic ring is 1. The minimum absolute atomic E-state index is 0.0940. The van der Waals surface area contributed by atoms with Gasteiger partial charge in [0.2, 0.25) is 0 Å². The van der Waals surface area contributed by atoms with E-state index in [0.29, 0.717) is 5.69 Å². The minimum atomic E-state index is -0.734. The smallest absolute Gasteiger partial charge is 0.250 e. The van der Waals surface area contributed by atoms with Gasteiger partial charge >= 0.3 is 0 Å². The lowest BCUT2D eigenvalue weighted by Crippen LogP contribution is -2.14. The lowest BCUT2D eigenvalue weighted by Gasteiger charge is -2.14. The molecule has 0 unspecified atom stereocenters. The lowest BCUT2D eigenvalue weighted by atomic mass is 10.1. The zero-order valence-corrected chi connectivity index (χ0v) is 12.7. The number of nitrogens with two attached hydrogens (primary N) is 2. The third-order valence-electron chi connectivity index (χ3n) is 2.63. The molecule has 2 rings (SSSR count). The molecule has 110 valence electrons. The van der Waals surface area contributed by atoms with E-state index in [4.69, 9.17) is 46.3 Å². The summed E-state index contributed by atoms with van der Waals surface area (Å²) in [5.74, 6) is -1.45. The first-order valence-electron chi connectivity index (χ1n) is 5.60. The predicted octanol–water partition coefficient (Wildman–Crippen LogP) is 4.21. The van der Waals surface area contributed by atoms with Crippen LogP contribution in [0.1, 0.15) is 10.4 Å². The van der Waals surface area contributed by atoms with E-state index in [9.17, 15) is 9.18 Å². The number of halogens is 4. The normalized spacial score (nSPS) is 10.5. The Morgan fingerprint density at radius 2 is 1.62 bits per heavy atom. The number of carbonyl (C=O) groups is 1. The first-order chi connectivity index (χ1) is 9.79. The van der Waals surface area contributed by atoms with Gasteiger partial charge in [-0.25, -0.2) is 4.39 Å². The summed E-state index contributed by atoms with van der Waals surface area (Å²) in [4.78, 5) is 11.5. The third kappa shape index (κ3) is 3.32. The van der Waals surface area contributed by atoms with Gasteiger partial charge in [0.25, 0.3) is 5.91 Å². The number of amides is 1. The molecule has 0 heterocycles.